The predicted octanol–water partition coefficient (Wildman–Crippen LogP) is 4.83. The van der Waals surface area contributed by atoms with E-state index in [1.807, 2.05) is 6.92 Å². The highest BCUT2D eigenvalue weighted by Gasteiger charge is 2.27. The zero-order valence-corrected chi connectivity index (χ0v) is 20.6. The van der Waals surface area contributed by atoms with Crippen LogP contribution in [0.1, 0.15) is 5.56 Å². The minimum atomic E-state index is -3.97. The first-order valence-electron chi connectivity index (χ1n) is 10.5. The highest BCUT2D eigenvalue weighted by molar-refractivity contribution is 7.91. The predicted molar refractivity (Wildman–Crippen MR) is 133 cm³/mol. The molecule has 5 rings (SSSR count). The number of hydrogen-bond acceptors (Lipinski definition) is 8. The number of aryl methyl sites for hydroxylation is 1. The Morgan fingerprint density at radius 2 is 1.69 bits per heavy atom. The summed E-state index contributed by atoms with van der Waals surface area (Å²) in [5.74, 6) is 1.47. The second kappa shape index (κ2) is 8.71. The van der Waals surface area contributed by atoms with Crippen molar-refractivity contribution in [2.24, 2.45) is 0 Å². The van der Waals surface area contributed by atoms with Gasteiger partial charge >= 0.3 is 0 Å². The van der Waals surface area contributed by atoms with Gasteiger partial charge in [-0.05, 0) is 49.4 Å². The molecule has 0 aliphatic rings. The number of rotatable bonds is 6. The van der Waals surface area contributed by atoms with Crippen molar-refractivity contribution in [2.75, 3.05) is 19.5 Å². The lowest BCUT2D eigenvalue weighted by Crippen LogP contribution is -2.06. The van der Waals surface area contributed by atoms with Crippen LogP contribution in [-0.2, 0) is 9.84 Å². The van der Waals surface area contributed by atoms with Gasteiger partial charge in [0.1, 0.15) is 5.82 Å². The lowest BCUT2D eigenvalue weighted by molar-refractivity contribution is 0.355. The zero-order chi connectivity index (χ0) is 24.7. The molecule has 0 saturated heterocycles. The van der Waals surface area contributed by atoms with Crippen LogP contribution in [-0.4, -0.2) is 42.4 Å². The Labute approximate surface area is 206 Å². The fourth-order valence-electron chi connectivity index (χ4n) is 3.72. The Morgan fingerprint density at radius 3 is 2.40 bits per heavy atom. The first-order chi connectivity index (χ1) is 16.8. The molecule has 0 amide bonds. The largest absolute Gasteiger partial charge is 0.493 e. The fourth-order valence-corrected chi connectivity index (χ4v) is 5.12. The van der Waals surface area contributed by atoms with Crippen LogP contribution in [0.15, 0.2) is 70.6 Å². The SMILES string of the molecule is COc1ccc(Nc2nc3c(S(=O)(=O)c4ccc(C)cc4)nnn3c3ccc(Cl)cc23)cc1OC. The molecule has 0 atom stereocenters. The summed E-state index contributed by atoms with van der Waals surface area (Å²) in [6.45, 7) is 1.88. The van der Waals surface area contributed by atoms with Crippen molar-refractivity contribution in [1.82, 2.24) is 19.8 Å². The highest BCUT2D eigenvalue weighted by Crippen LogP contribution is 2.34. The van der Waals surface area contributed by atoms with Crippen molar-refractivity contribution < 1.29 is 17.9 Å². The second-order valence-corrected chi connectivity index (χ2v) is 10.1. The van der Waals surface area contributed by atoms with E-state index in [2.05, 4.69) is 20.6 Å². The average molecular weight is 510 g/mol. The minimum Gasteiger partial charge on any atom is -0.493 e. The van der Waals surface area contributed by atoms with Gasteiger partial charge in [0.25, 0.3) is 0 Å². The van der Waals surface area contributed by atoms with Gasteiger partial charge in [0.15, 0.2) is 17.1 Å². The van der Waals surface area contributed by atoms with Crippen molar-refractivity contribution in [2.45, 2.75) is 16.8 Å². The van der Waals surface area contributed by atoms with Crippen LogP contribution in [0.3, 0.4) is 0 Å². The van der Waals surface area contributed by atoms with E-state index < -0.39 is 9.84 Å². The van der Waals surface area contributed by atoms with Crippen LogP contribution in [0, 0.1) is 6.92 Å². The number of anilines is 2. The van der Waals surface area contributed by atoms with Crippen LogP contribution >= 0.6 is 11.6 Å². The summed E-state index contributed by atoms with van der Waals surface area (Å²) in [5.41, 5.74) is 2.26. The summed E-state index contributed by atoms with van der Waals surface area (Å²) >= 11 is 6.27. The quantitative estimate of drug-likeness (QED) is 0.346. The molecule has 0 fully saturated rings. The third kappa shape index (κ3) is 4.00. The van der Waals surface area contributed by atoms with Gasteiger partial charge in [0, 0.05) is 22.2 Å². The van der Waals surface area contributed by atoms with E-state index in [-0.39, 0.29) is 15.6 Å². The molecule has 0 aliphatic heterocycles. The molecule has 3 aromatic carbocycles. The van der Waals surface area contributed by atoms with Gasteiger partial charge in [-0.25, -0.2) is 13.4 Å². The van der Waals surface area contributed by atoms with E-state index in [9.17, 15) is 8.42 Å². The molecular weight excluding hydrogens is 490 g/mol. The van der Waals surface area contributed by atoms with Gasteiger partial charge in [-0.2, -0.15) is 4.52 Å². The summed E-state index contributed by atoms with van der Waals surface area (Å²) < 4.78 is 38.9. The molecule has 11 heteroatoms. The van der Waals surface area contributed by atoms with E-state index in [1.54, 1.807) is 74.9 Å². The van der Waals surface area contributed by atoms with E-state index in [0.29, 0.717) is 38.9 Å². The third-order valence-electron chi connectivity index (χ3n) is 5.51. The Hall–Kier alpha value is -3.89. The van der Waals surface area contributed by atoms with Crippen LogP contribution in [0.2, 0.25) is 5.02 Å². The van der Waals surface area contributed by atoms with E-state index >= 15 is 0 Å². The Morgan fingerprint density at radius 1 is 0.943 bits per heavy atom. The first-order valence-corrected chi connectivity index (χ1v) is 12.3. The number of ether oxygens (including phenoxy) is 2. The molecule has 0 aliphatic carbocycles. The number of aromatic nitrogens is 4. The fraction of sp³-hybridized carbons (Fsp3) is 0.125. The highest BCUT2D eigenvalue weighted by atomic mass is 35.5. The van der Waals surface area contributed by atoms with Crippen LogP contribution < -0.4 is 14.8 Å². The summed E-state index contributed by atoms with van der Waals surface area (Å²) in [7, 11) is -0.875. The maximum Gasteiger partial charge on any atom is 0.229 e. The maximum absolute atomic E-state index is 13.4. The smallest absolute Gasteiger partial charge is 0.229 e. The van der Waals surface area contributed by atoms with Gasteiger partial charge in [0.2, 0.25) is 14.9 Å². The number of halogens is 1. The number of fused-ring (bicyclic) bond motifs is 3. The molecule has 2 aromatic heterocycles. The van der Waals surface area contributed by atoms with E-state index in [0.717, 1.165) is 5.56 Å². The zero-order valence-electron chi connectivity index (χ0n) is 19.0. The van der Waals surface area contributed by atoms with Gasteiger partial charge in [0.05, 0.1) is 24.6 Å². The molecule has 0 spiro atoms. The number of nitrogens with one attached hydrogen (secondary N) is 1. The lowest BCUT2D eigenvalue weighted by Gasteiger charge is -2.13. The first kappa shape index (κ1) is 22.9. The van der Waals surface area contributed by atoms with E-state index in [4.69, 9.17) is 21.1 Å². The van der Waals surface area contributed by atoms with Crippen LogP contribution in [0.5, 0.6) is 11.5 Å². The van der Waals surface area contributed by atoms with Crippen molar-refractivity contribution in [1.29, 1.82) is 0 Å². The van der Waals surface area contributed by atoms with Gasteiger partial charge in [-0.1, -0.05) is 34.5 Å². The monoisotopic (exact) mass is 509 g/mol. The number of methoxy groups -OCH3 is 2. The Kier molecular flexibility index (Phi) is 5.70. The second-order valence-electron chi connectivity index (χ2n) is 7.76. The number of benzene rings is 3. The van der Waals surface area contributed by atoms with Crippen molar-refractivity contribution in [3.05, 3.63) is 71.2 Å². The molecular formula is C24H20ClN5O4S. The Balaban J connectivity index is 1.71. The standard InChI is InChI=1S/C24H20ClN5O4S/c1-14-4-8-17(9-5-14)35(31,32)24-23-27-22(26-16-7-11-20(33-2)21(13-16)34-3)18-12-15(25)6-10-19(18)30(23)29-28-24/h4-13H,1-3H3,(H,26,27). The maximum atomic E-state index is 13.4. The summed E-state index contributed by atoms with van der Waals surface area (Å²) in [6, 6.07) is 17.0. The molecule has 5 aromatic rings. The van der Waals surface area contributed by atoms with Crippen molar-refractivity contribution >= 4 is 49.5 Å². The summed E-state index contributed by atoms with van der Waals surface area (Å²) in [4.78, 5) is 4.73. The van der Waals surface area contributed by atoms with Crippen LogP contribution in [0.25, 0.3) is 16.6 Å². The third-order valence-corrected chi connectivity index (χ3v) is 7.41. The number of sulfone groups is 1. The number of nitrogens with zero attached hydrogens (tertiary/aromatic N) is 4. The molecule has 1 N–H and O–H groups in total. The molecule has 0 unspecified atom stereocenters. The molecule has 2 heterocycles. The molecule has 35 heavy (non-hydrogen) atoms. The Bertz CT molecular complexity index is 1680. The molecule has 0 saturated carbocycles. The summed E-state index contributed by atoms with van der Waals surface area (Å²) in [6.07, 6.45) is 0. The van der Waals surface area contributed by atoms with Gasteiger partial charge in [-0.3, -0.25) is 0 Å². The molecule has 178 valence electrons. The lowest BCUT2D eigenvalue weighted by atomic mass is 10.2. The minimum absolute atomic E-state index is 0.0865. The molecule has 9 nitrogen and oxygen atoms in total. The van der Waals surface area contributed by atoms with Crippen molar-refractivity contribution in [3.63, 3.8) is 0 Å². The van der Waals surface area contributed by atoms with Crippen molar-refractivity contribution in [3.8, 4) is 11.5 Å². The topological polar surface area (TPSA) is 108 Å². The normalized spacial score (nSPS) is 11.7. The van der Waals surface area contributed by atoms with Gasteiger partial charge in [-0.15, -0.1) is 5.10 Å². The molecule has 0 radical (unpaired) electrons. The van der Waals surface area contributed by atoms with Crippen LogP contribution in [0.4, 0.5) is 11.5 Å². The molecule has 0 bridgehead atoms. The number of hydrogen-bond donors (Lipinski definition) is 1. The van der Waals surface area contributed by atoms with Gasteiger partial charge < -0.3 is 14.8 Å². The summed E-state index contributed by atoms with van der Waals surface area (Å²) in [5, 5.41) is 12.2. The average Bonchev–Trinajstić information content (AvgIpc) is 3.29. The van der Waals surface area contributed by atoms with E-state index in [1.165, 1.54) is 4.52 Å².